The van der Waals surface area contributed by atoms with E-state index in [9.17, 15) is 4.39 Å². The molecule has 0 saturated heterocycles. The van der Waals surface area contributed by atoms with Gasteiger partial charge in [0.05, 0.1) is 0 Å². The van der Waals surface area contributed by atoms with E-state index < -0.39 is 0 Å². The Kier molecular flexibility index (Phi) is 4.15. The van der Waals surface area contributed by atoms with Gasteiger partial charge in [-0.25, -0.2) is 4.39 Å². The summed E-state index contributed by atoms with van der Waals surface area (Å²) in [5.74, 6) is -0.192. The molecule has 0 unspecified atom stereocenters. The Morgan fingerprint density at radius 3 is 2.08 bits per heavy atom. The summed E-state index contributed by atoms with van der Waals surface area (Å²) in [5.41, 5.74) is 6.92. The maximum atomic E-state index is 13.1. The summed E-state index contributed by atoms with van der Waals surface area (Å²) in [7, 11) is 0. The van der Waals surface area contributed by atoms with Crippen LogP contribution >= 0.6 is 0 Å². The van der Waals surface area contributed by atoms with E-state index in [4.69, 9.17) is 0 Å². The van der Waals surface area contributed by atoms with Crippen molar-refractivity contribution in [3.63, 3.8) is 0 Å². The number of hydrogen-bond donors (Lipinski definition) is 0. The quantitative estimate of drug-likeness (QED) is 0.537. The van der Waals surface area contributed by atoms with Gasteiger partial charge in [-0.15, -0.1) is 0 Å². The molecule has 1 heteroatoms. The molecule has 0 spiro atoms. The molecule has 3 rings (SSSR count). The van der Waals surface area contributed by atoms with Crippen molar-refractivity contribution < 1.29 is 4.39 Å². The average Bonchev–Trinajstić information content (AvgIpc) is 2.54. The number of fused-ring (bicyclic) bond motifs is 1. The SMILES string of the molecule is CC(=Cc1ccc(F)cc1)c1ccc2c(c1)C(C)(C)CCC2(C)C. The molecule has 0 bridgehead atoms. The predicted molar refractivity (Wildman–Crippen MR) is 102 cm³/mol. The highest BCUT2D eigenvalue weighted by atomic mass is 19.1. The van der Waals surface area contributed by atoms with Crippen LogP contribution in [0.1, 0.15) is 69.7 Å². The number of halogens is 1. The molecule has 0 atom stereocenters. The first-order chi connectivity index (χ1) is 11.2. The van der Waals surface area contributed by atoms with Gasteiger partial charge in [-0.05, 0) is 70.6 Å². The summed E-state index contributed by atoms with van der Waals surface area (Å²) in [6.07, 6.45) is 4.58. The fraction of sp³-hybridized carbons (Fsp3) is 0.391. The van der Waals surface area contributed by atoms with Gasteiger partial charge in [0.25, 0.3) is 0 Å². The van der Waals surface area contributed by atoms with Gasteiger partial charge in [0, 0.05) is 0 Å². The molecule has 126 valence electrons. The van der Waals surface area contributed by atoms with Gasteiger partial charge in [-0.1, -0.05) is 64.1 Å². The van der Waals surface area contributed by atoms with E-state index in [2.05, 4.69) is 58.9 Å². The zero-order chi connectivity index (χ0) is 17.5. The molecule has 1 aliphatic carbocycles. The van der Waals surface area contributed by atoms with E-state index in [-0.39, 0.29) is 16.6 Å². The van der Waals surface area contributed by atoms with Crippen LogP contribution in [0.25, 0.3) is 11.6 Å². The number of hydrogen-bond acceptors (Lipinski definition) is 0. The smallest absolute Gasteiger partial charge is 0.123 e. The van der Waals surface area contributed by atoms with E-state index >= 15 is 0 Å². The lowest BCUT2D eigenvalue weighted by atomic mass is 9.63. The lowest BCUT2D eigenvalue weighted by molar-refractivity contribution is 0.332. The second-order valence-corrected chi connectivity index (χ2v) is 8.41. The topological polar surface area (TPSA) is 0 Å². The molecular weight excluding hydrogens is 295 g/mol. The highest BCUT2D eigenvalue weighted by Gasteiger charge is 2.36. The summed E-state index contributed by atoms with van der Waals surface area (Å²) in [6, 6.07) is 13.6. The normalized spacial score (nSPS) is 19.0. The van der Waals surface area contributed by atoms with Crippen LogP contribution < -0.4 is 0 Å². The van der Waals surface area contributed by atoms with Gasteiger partial charge in [-0.3, -0.25) is 0 Å². The first kappa shape index (κ1) is 17.0. The van der Waals surface area contributed by atoms with Crippen molar-refractivity contribution >= 4 is 11.6 Å². The van der Waals surface area contributed by atoms with Crippen LogP contribution in [0.4, 0.5) is 4.39 Å². The fourth-order valence-electron chi connectivity index (χ4n) is 3.73. The van der Waals surface area contributed by atoms with Gasteiger partial charge in [0.1, 0.15) is 5.82 Å². The van der Waals surface area contributed by atoms with Crippen LogP contribution in [-0.2, 0) is 10.8 Å². The van der Waals surface area contributed by atoms with Crippen molar-refractivity contribution in [2.24, 2.45) is 0 Å². The van der Waals surface area contributed by atoms with Gasteiger partial charge >= 0.3 is 0 Å². The van der Waals surface area contributed by atoms with Crippen LogP contribution in [0.5, 0.6) is 0 Å². The zero-order valence-electron chi connectivity index (χ0n) is 15.4. The van der Waals surface area contributed by atoms with Crippen LogP contribution in [0.3, 0.4) is 0 Å². The molecule has 1 aliphatic rings. The van der Waals surface area contributed by atoms with E-state index in [1.54, 1.807) is 0 Å². The first-order valence-corrected chi connectivity index (χ1v) is 8.78. The lowest BCUT2D eigenvalue weighted by Gasteiger charge is -2.42. The van der Waals surface area contributed by atoms with Crippen molar-refractivity contribution in [3.8, 4) is 0 Å². The molecule has 0 heterocycles. The Hall–Kier alpha value is -1.89. The molecule has 0 N–H and O–H groups in total. The van der Waals surface area contributed by atoms with E-state index in [0.717, 1.165) is 5.56 Å². The predicted octanol–water partition coefficient (Wildman–Crippen LogP) is 6.74. The molecule has 0 amide bonds. The highest BCUT2D eigenvalue weighted by molar-refractivity contribution is 5.80. The summed E-state index contributed by atoms with van der Waals surface area (Å²) >= 11 is 0. The first-order valence-electron chi connectivity index (χ1n) is 8.78. The molecule has 0 aliphatic heterocycles. The summed E-state index contributed by atoms with van der Waals surface area (Å²) in [4.78, 5) is 0. The lowest BCUT2D eigenvalue weighted by Crippen LogP contribution is -2.33. The summed E-state index contributed by atoms with van der Waals surface area (Å²) in [5, 5.41) is 0. The summed E-state index contributed by atoms with van der Waals surface area (Å²) < 4.78 is 13.1. The van der Waals surface area contributed by atoms with Crippen molar-refractivity contribution in [1.82, 2.24) is 0 Å². The Bertz CT molecular complexity index is 776. The van der Waals surface area contributed by atoms with Crippen LogP contribution in [0, 0.1) is 5.82 Å². The number of rotatable bonds is 2. The monoisotopic (exact) mass is 322 g/mol. The zero-order valence-corrected chi connectivity index (χ0v) is 15.4. The van der Waals surface area contributed by atoms with Crippen molar-refractivity contribution in [1.29, 1.82) is 0 Å². The van der Waals surface area contributed by atoms with E-state index in [1.807, 2.05) is 12.1 Å². The molecule has 0 aromatic heterocycles. The molecule has 24 heavy (non-hydrogen) atoms. The second-order valence-electron chi connectivity index (χ2n) is 8.41. The van der Waals surface area contributed by atoms with Gasteiger partial charge < -0.3 is 0 Å². The maximum absolute atomic E-state index is 13.1. The van der Waals surface area contributed by atoms with Crippen molar-refractivity contribution in [2.45, 2.75) is 58.3 Å². The highest BCUT2D eigenvalue weighted by Crippen LogP contribution is 2.46. The van der Waals surface area contributed by atoms with E-state index in [0.29, 0.717) is 0 Å². The molecule has 0 nitrogen and oxygen atoms in total. The molecule has 0 fully saturated rings. The number of allylic oxidation sites excluding steroid dienone is 1. The third kappa shape index (κ3) is 3.17. The number of benzene rings is 2. The minimum absolute atomic E-state index is 0.192. The molecule has 0 saturated carbocycles. The molecule has 2 aromatic rings. The largest absolute Gasteiger partial charge is 0.207 e. The minimum Gasteiger partial charge on any atom is -0.207 e. The molecule has 2 aromatic carbocycles. The minimum atomic E-state index is -0.192. The van der Waals surface area contributed by atoms with Crippen molar-refractivity contribution in [2.75, 3.05) is 0 Å². The fourth-order valence-corrected chi connectivity index (χ4v) is 3.73. The van der Waals surface area contributed by atoms with Crippen LogP contribution in [0.2, 0.25) is 0 Å². The molecule has 0 radical (unpaired) electrons. The van der Waals surface area contributed by atoms with Gasteiger partial charge in [0.15, 0.2) is 0 Å². The van der Waals surface area contributed by atoms with Gasteiger partial charge in [-0.2, -0.15) is 0 Å². The maximum Gasteiger partial charge on any atom is 0.123 e. The summed E-state index contributed by atoms with van der Waals surface area (Å²) in [6.45, 7) is 11.5. The standard InChI is InChI=1S/C23H27F/c1-16(14-17-6-9-19(24)10-7-17)18-8-11-20-21(15-18)23(4,5)13-12-22(20,2)3/h6-11,14-15H,12-13H2,1-5H3. The second kappa shape index (κ2) is 5.88. The Labute approximate surface area is 145 Å². The average molecular weight is 322 g/mol. The van der Waals surface area contributed by atoms with Crippen molar-refractivity contribution in [3.05, 3.63) is 70.5 Å². The molecular formula is C23H27F. The van der Waals surface area contributed by atoms with Gasteiger partial charge in [0.2, 0.25) is 0 Å². The van der Waals surface area contributed by atoms with Crippen LogP contribution in [0.15, 0.2) is 42.5 Å². The Morgan fingerprint density at radius 2 is 1.46 bits per heavy atom. The van der Waals surface area contributed by atoms with E-state index in [1.165, 1.54) is 47.2 Å². The third-order valence-corrected chi connectivity index (χ3v) is 5.56. The Balaban J connectivity index is 2.03. The third-order valence-electron chi connectivity index (χ3n) is 5.56. The Morgan fingerprint density at radius 1 is 0.875 bits per heavy atom. The van der Waals surface area contributed by atoms with Crippen LogP contribution in [-0.4, -0.2) is 0 Å².